The maximum absolute atomic E-state index is 4.34. The summed E-state index contributed by atoms with van der Waals surface area (Å²) in [6, 6.07) is 2.19. The Morgan fingerprint density at radius 3 is 2.62 bits per heavy atom. The number of nitrogens with zero attached hydrogens (tertiary/aromatic N) is 4. The zero-order valence-corrected chi connectivity index (χ0v) is 10.1. The molecule has 0 spiro atoms. The molecule has 5 nitrogen and oxygen atoms in total. The van der Waals surface area contributed by atoms with Gasteiger partial charge in [0.05, 0.1) is 17.9 Å². The van der Waals surface area contributed by atoms with E-state index in [2.05, 4.69) is 22.4 Å². The largest absolute Gasteiger partial charge is 0.364 e. The maximum Gasteiger partial charge on any atom is 0.124 e. The van der Waals surface area contributed by atoms with Gasteiger partial charge in [0.25, 0.3) is 0 Å². The van der Waals surface area contributed by atoms with Gasteiger partial charge in [-0.1, -0.05) is 0 Å². The lowest BCUT2D eigenvalue weighted by molar-refractivity contribution is 0.748. The molecule has 2 aromatic rings. The van der Waals surface area contributed by atoms with Crippen LogP contribution in [0, 0.1) is 6.92 Å². The quantitative estimate of drug-likeness (QED) is 0.853. The van der Waals surface area contributed by atoms with Gasteiger partial charge >= 0.3 is 0 Å². The predicted octanol–water partition coefficient (Wildman–Crippen LogP) is 1.64. The highest BCUT2D eigenvalue weighted by molar-refractivity contribution is 5.38. The van der Waals surface area contributed by atoms with E-state index in [0.717, 1.165) is 11.5 Å². The van der Waals surface area contributed by atoms with E-state index in [0.29, 0.717) is 0 Å². The summed E-state index contributed by atoms with van der Waals surface area (Å²) in [7, 11) is 3.86. The van der Waals surface area contributed by atoms with E-state index < -0.39 is 0 Å². The summed E-state index contributed by atoms with van der Waals surface area (Å²) in [5.41, 5.74) is 2.27. The molecule has 2 aromatic heterocycles. The second-order valence-corrected chi connectivity index (χ2v) is 4.05. The summed E-state index contributed by atoms with van der Waals surface area (Å²) in [6.45, 7) is 4.15. The molecule has 0 saturated carbocycles. The number of nitrogens with one attached hydrogen (secondary N) is 1. The van der Waals surface area contributed by atoms with Crippen molar-refractivity contribution in [3.8, 4) is 0 Å². The van der Waals surface area contributed by atoms with Gasteiger partial charge in [-0.2, -0.15) is 10.2 Å². The van der Waals surface area contributed by atoms with Crippen molar-refractivity contribution in [2.24, 2.45) is 14.1 Å². The highest BCUT2D eigenvalue weighted by Gasteiger charge is 2.12. The van der Waals surface area contributed by atoms with E-state index in [9.17, 15) is 0 Å². The summed E-state index contributed by atoms with van der Waals surface area (Å²) >= 11 is 0. The minimum atomic E-state index is 0.226. The van der Waals surface area contributed by atoms with E-state index in [4.69, 9.17) is 0 Å². The summed E-state index contributed by atoms with van der Waals surface area (Å²) in [5.74, 6) is 1.01. The van der Waals surface area contributed by atoms with Crippen LogP contribution in [0.3, 0.4) is 0 Å². The molecule has 0 aliphatic carbocycles. The highest BCUT2D eigenvalue weighted by Crippen LogP contribution is 2.20. The Hall–Kier alpha value is -1.78. The molecule has 0 amide bonds. The standard InChI is InChI=1S/C11H17N5/c1-8(10-7-15(3)14-9(10)2)13-11-5-6-12-16(11)4/h5-8,13H,1-4H3. The smallest absolute Gasteiger partial charge is 0.124 e. The van der Waals surface area contributed by atoms with Crippen LogP contribution in [0.5, 0.6) is 0 Å². The third-order valence-corrected chi connectivity index (χ3v) is 2.70. The molecule has 1 N–H and O–H groups in total. The fourth-order valence-corrected chi connectivity index (χ4v) is 1.86. The zero-order chi connectivity index (χ0) is 11.7. The van der Waals surface area contributed by atoms with Crippen LogP contribution in [0.25, 0.3) is 0 Å². The van der Waals surface area contributed by atoms with Crippen molar-refractivity contribution in [1.82, 2.24) is 19.6 Å². The zero-order valence-electron chi connectivity index (χ0n) is 10.1. The van der Waals surface area contributed by atoms with Crippen molar-refractivity contribution in [3.05, 3.63) is 29.7 Å². The molecular formula is C11H17N5. The molecule has 1 atom stereocenters. The van der Waals surface area contributed by atoms with Crippen LogP contribution in [0.1, 0.15) is 24.2 Å². The molecule has 2 heterocycles. The van der Waals surface area contributed by atoms with Crippen LogP contribution in [-0.2, 0) is 14.1 Å². The predicted molar refractivity (Wildman–Crippen MR) is 63.2 cm³/mol. The molecule has 0 aliphatic rings. The summed E-state index contributed by atoms with van der Waals surface area (Å²) in [5, 5.41) is 11.9. The SMILES string of the molecule is Cc1nn(C)cc1C(C)Nc1ccnn1C. The topological polar surface area (TPSA) is 47.7 Å². The second kappa shape index (κ2) is 4.00. The van der Waals surface area contributed by atoms with E-state index in [1.807, 2.05) is 42.6 Å². The average molecular weight is 219 g/mol. The lowest BCUT2D eigenvalue weighted by Crippen LogP contribution is -2.10. The molecule has 0 fully saturated rings. The van der Waals surface area contributed by atoms with Crippen LogP contribution in [-0.4, -0.2) is 19.6 Å². The normalized spacial score (nSPS) is 12.8. The van der Waals surface area contributed by atoms with E-state index in [1.165, 1.54) is 5.56 Å². The van der Waals surface area contributed by atoms with Gasteiger partial charge in [-0.05, 0) is 13.8 Å². The summed E-state index contributed by atoms with van der Waals surface area (Å²) in [4.78, 5) is 0. The molecule has 1 unspecified atom stereocenters. The fraction of sp³-hybridized carbons (Fsp3) is 0.455. The molecule has 5 heteroatoms. The van der Waals surface area contributed by atoms with Crippen LogP contribution < -0.4 is 5.32 Å². The molecule has 0 saturated heterocycles. The van der Waals surface area contributed by atoms with E-state index >= 15 is 0 Å². The first-order valence-electron chi connectivity index (χ1n) is 5.32. The Bertz CT molecular complexity index is 482. The van der Waals surface area contributed by atoms with Crippen molar-refractivity contribution in [1.29, 1.82) is 0 Å². The second-order valence-electron chi connectivity index (χ2n) is 4.05. The van der Waals surface area contributed by atoms with Crippen LogP contribution in [0.15, 0.2) is 18.5 Å². The van der Waals surface area contributed by atoms with Gasteiger partial charge in [0.1, 0.15) is 5.82 Å². The first-order chi connectivity index (χ1) is 7.58. The number of hydrogen-bond donors (Lipinski definition) is 1. The van der Waals surface area contributed by atoms with Crippen molar-refractivity contribution < 1.29 is 0 Å². The van der Waals surface area contributed by atoms with Crippen LogP contribution >= 0.6 is 0 Å². The van der Waals surface area contributed by atoms with Gasteiger partial charge < -0.3 is 5.32 Å². The third-order valence-electron chi connectivity index (χ3n) is 2.70. The first kappa shape index (κ1) is 10.7. The number of hydrogen-bond acceptors (Lipinski definition) is 3. The Kier molecular flexibility index (Phi) is 2.68. The van der Waals surface area contributed by atoms with Gasteiger partial charge in [0.2, 0.25) is 0 Å². The minimum absolute atomic E-state index is 0.226. The Morgan fingerprint density at radius 2 is 2.12 bits per heavy atom. The first-order valence-corrected chi connectivity index (χ1v) is 5.32. The van der Waals surface area contributed by atoms with Crippen molar-refractivity contribution in [3.63, 3.8) is 0 Å². The molecule has 16 heavy (non-hydrogen) atoms. The van der Waals surface area contributed by atoms with Gasteiger partial charge in [-0.3, -0.25) is 9.36 Å². The van der Waals surface area contributed by atoms with Gasteiger partial charge in [-0.25, -0.2) is 0 Å². The van der Waals surface area contributed by atoms with Crippen LogP contribution in [0.4, 0.5) is 5.82 Å². The van der Waals surface area contributed by atoms with Crippen LogP contribution in [0.2, 0.25) is 0 Å². The van der Waals surface area contributed by atoms with E-state index in [-0.39, 0.29) is 6.04 Å². The highest BCUT2D eigenvalue weighted by atomic mass is 15.3. The molecular weight excluding hydrogens is 202 g/mol. The minimum Gasteiger partial charge on any atom is -0.364 e. The summed E-state index contributed by atoms with van der Waals surface area (Å²) < 4.78 is 3.66. The molecule has 0 aliphatic heterocycles. The number of rotatable bonds is 3. The number of aromatic nitrogens is 4. The Balaban J connectivity index is 2.17. The molecule has 2 rings (SSSR count). The van der Waals surface area contributed by atoms with Gasteiger partial charge in [0, 0.05) is 31.9 Å². The van der Waals surface area contributed by atoms with Crippen molar-refractivity contribution in [2.45, 2.75) is 19.9 Å². The number of aryl methyl sites for hydroxylation is 3. The maximum atomic E-state index is 4.34. The Morgan fingerprint density at radius 1 is 1.38 bits per heavy atom. The van der Waals surface area contributed by atoms with E-state index in [1.54, 1.807) is 6.20 Å². The molecule has 0 aromatic carbocycles. The van der Waals surface area contributed by atoms with Gasteiger partial charge in [0.15, 0.2) is 0 Å². The molecule has 0 bridgehead atoms. The Labute approximate surface area is 95.1 Å². The lowest BCUT2D eigenvalue weighted by Gasteiger charge is -2.14. The third kappa shape index (κ3) is 1.93. The summed E-state index contributed by atoms with van der Waals surface area (Å²) in [6.07, 6.45) is 3.83. The van der Waals surface area contributed by atoms with Gasteiger partial charge in [-0.15, -0.1) is 0 Å². The van der Waals surface area contributed by atoms with Crippen molar-refractivity contribution in [2.75, 3.05) is 5.32 Å². The molecule has 0 radical (unpaired) electrons. The van der Waals surface area contributed by atoms with Crippen molar-refractivity contribution >= 4 is 5.82 Å². The lowest BCUT2D eigenvalue weighted by atomic mass is 10.1. The average Bonchev–Trinajstić information content (AvgIpc) is 2.74. The fourth-order valence-electron chi connectivity index (χ4n) is 1.86. The number of anilines is 1. The molecule has 86 valence electrons. The monoisotopic (exact) mass is 219 g/mol.